The van der Waals surface area contributed by atoms with Crippen molar-refractivity contribution in [3.63, 3.8) is 0 Å². The minimum atomic E-state index is -1.21. The molecule has 0 spiro atoms. The Bertz CT molecular complexity index is 538. The number of aryl methyl sites for hydroxylation is 2. The van der Waals surface area contributed by atoms with Crippen molar-refractivity contribution in [2.45, 2.75) is 64.5 Å². The zero-order valence-electron chi connectivity index (χ0n) is 13.9. The van der Waals surface area contributed by atoms with Gasteiger partial charge >= 0.3 is 0 Å². The molecule has 0 saturated heterocycles. The van der Waals surface area contributed by atoms with Crippen LogP contribution in [0.25, 0.3) is 0 Å². The maximum absolute atomic E-state index is 12.4. The molecular weight excluding hydrogens is 282 g/mol. The minimum Gasteiger partial charge on any atom is -0.350 e. The lowest BCUT2D eigenvalue weighted by molar-refractivity contribution is -0.121. The van der Waals surface area contributed by atoms with Crippen LogP contribution >= 0.6 is 0 Å². The monoisotopic (exact) mass is 309 g/mol. The Labute approximate surface area is 131 Å². The molecule has 1 amide bonds. The molecule has 0 unspecified atom stereocenters. The second-order valence-electron chi connectivity index (χ2n) is 6.32. The number of hydrogen-bond acceptors (Lipinski definition) is 2. The van der Waals surface area contributed by atoms with Crippen molar-refractivity contribution in [1.29, 1.82) is 0 Å². The highest BCUT2D eigenvalue weighted by molar-refractivity contribution is 7.85. The Morgan fingerprint density at radius 2 is 1.95 bits per heavy atom. The summed E-state index contributed by atoms with van der Waals surface area (Å²) in [6.07, 6.45) is 0.842. The lowest BCUT2D eigenvalue weighted by atomic mass is 10.0. The van der Waals surface area contributed by atoms with Gasteiger partial charge in [-0.15, -0.1) is 0 Å². The maximum Gasteiger partial charge on any atom is 0.235 e. The number of carbonyl (C=O) groups excluding carboxylic acids is 1. The molecule has 0 aliphatic heterocycles. The first-order chi connectivity index (χ1) is 9.66. The molecule has 0 aromatic heterocycles. The number of rotatable bonds is 6. The smallest absolute Gasteiger partial charge is 0.235 e. The summed E-state index contributed by atoms with van der Waals surface area (Å²) in [4.78, 5) is 12.2. The molecule has 0 fully saturated rings. The van der Waals surface area contributed by atoms with E-state index in [-0.39, 0.29) is 11.4 Å². The molecule has 0 radical (unpaired) electrons. The molecule has 1 rings (SSSR count). The lowest BCUT2D eigenvalue weighted by Gasteiger charge is -2.26. The summed E-state index contributed by atoms with van der Waals surface area (Å²) in [5.74, 6) is 0.291. The Balaban J connectivity index is 2.75. The number of carbonyl (C=O) groups is 1. The van der Waals surface area contributed by atoms with Crippen LogP contribution in [0.15, 0.2) is 18.2 Å². The van der Waals surface area contributed by atoms with E-state index in [2.05, 4.69) is 5.32 Å². The Morgan fingerprint density at radius 1 is 1.33 bits per heavy atom. The lowest BCUT2D eigenvalue weighted by Crippen LogP contribution is -2.47. The van der Waals surface area contributed by atoms with Crippen molar-refractivity contribution >= 4 is 16.7 Å². The van der Waals surface area contributed by atoms with Crippen LogP contribution in [0.3, 0.4) is 0 Å². The van der Waals surface area contributed by atoms with Crippen LogP contribution in [0.4, 0.5) is 0 Å². The van der Waals surface area contributed by atoms with Gasteiger partial charge in [-0.25, -0.2) is 0 Å². The molecule has 4 heteroatoms. The molecule has 1 aromatic rings. The second kappa shape index (κ2) is 7.21. The van der Waals surface area contributed by atoms with Gasteiger partial charge in [0.1, 0.15) is 5.25 Å². The van der Waals surface area contributed by atoms with Gasteiger partial charge in [0.05, 0.1) is 0 Å². The molecule has 0 aliphatic carbocycles. The highest BCUT2D eigenvalue weighted by Crippen LogP contribution is 2.15. The molecule has 21 heavy (non-hydrogen) atoms. The maximum atomic E-state index is 12.4. The summed E-state index contributed by atoms with van der Waals surface area (Å²) in [6.45, 7) is 11.7. The molecule has 118 valence electrons. The summed E-state index contributed by atoms with van der Waals surface area (Å²) in [5.41, 5.74) is 3.07. The van der Waals surface area contributed by atoms with Crippen molar-refractivity contribution in [1.82, 2.24) is 5.32 Å². The number of hydrogen-bond donors (Lipinski definition) is 1. The Kier molecular flexibility index (Phi) is 6.14. The SMILES string of the molecule is CCC(C)(C)NC(=O)[C@@H](C)[S@](=O)Cc1cc(C)ccc1C. The fourth-order valence-electron chi connectivity index (χ4n) is 1.88. The van der Waals surface area contributed by atoms with Gasteiger partial charge in [0, 0.05) is 22.1 Å². The van der Waals surface area contributed by atoms with Gasteiger partial charge in [0.15, 0.2) is 0 Å². The first-order valence-corrected chi connectivity index (χ1v) is 8.80. The quantitative estimate of drug-likeness (QED) is 0.877. The standard InChI is InChI=1S/C17H27NO2S/c1-7-17(5,6)18-16(19)14(4)21(20)11-15-10-12(2)8-9-13(15)3/h8-10,14H,7,11H2,1-6H3,(H,18,19)/t14-,21-/m1/s1. The average molecular weight is 309 g/mol. The van der Waals surface area contributed by atoms with E-state index in [9.17, 15) is 9.00 Å². The van der Waals surface area contributed by atoms with Crippen molar-refractivity contribution in [3.05, 3.63) is 34.9 Å². The molecule has 2 atom stereocenters. The van der Waals surface area contributed by atoms with E-state index in [0.29, 0.717) is 5.75 Å². The first-order valence-electron chi connectivity index (χ1n) is 7.41. The van der Waals surface area contributed by atoms with Gasteiger partial charge in [0.2, 0.25) is 5.91 Å². The van der Waals surface area contributed by atoms with Crippen LogP contribution in [0, 0.1) is 13.8 Å². The predicted octanol–water partition coefficient (Wildman–Crippen LogP) is 3.25. The fourth-order valence-corrected chi connectivity index (χ4v) is 3.04. The molecule has 0 aliphatic rings. The summed E-state index contributed by atoms with van der Waals surface area (Å²) in [6, 6.07) is 6.13. The van der Waals surface area contributed by atoms with E-state index in [1.54, 1.807) is 6.92 Å². The van der Waals surface area contributed by atoms with Crippen molar-refractivity contribution in [3.8, 4) is 0 Å². The van der Waals surface area contributed by atoms with E-state index < -0.39 is 16.0 Å². The van der Waals surface area contributed by atoms with Crippen LogP contribution in [-0.2, 0) is 21.3 Å². The van der Waals surface area contributed by atoms with E-state index in [4.69, 9.17) is 0 Å². The zero-order chi connectivity index (χ0) is 16.2. The van der Waals surface area contributed by atoms with E-state index >= 15 is 0 Å². The average Bonchev–Trinajstić information content (AvgIpc) is 2.41. The Hall–Kier alpha value is -1.16. The molecule has 0 heterocycles. The molecule has 3 nitrogen and oxygen atoms in total. The highest BCUT2D eigenvalue weighted by atomic mass is 32.2. The normalized spacial score (nSPS) is 14.6. The van der Waals surface area contributed by atoms with Gasteiger partial charge in [-0.1, -0.05) is 30.7 Å². The van der Waals surface area contributed by atoms with Crippen molar-refractivity contribution in [2.75, 3.05) is 0 Å². The van der Waals surface area contributed by atoms with Gasteiger partial charge < -0.3 is 5.32 Å². The largest absolute Gasteiger partial charge is 0.350 e. The molecule has 1 N–H and O–H groups in total. The molecule has 0 saturated carbocycles. The third-order valence-corrected chi connectivity index (χ3v) is 5.51. The van der Waals surface area contributed by atoms with E-state index in [1.807, 2.05) is 52.8 Å². The third kappa shape index (κ3) is 5.27. The van der Waals surface area contributed by atoms with E-state index in [0.717, 1.165) is 23.1 Å². The molecule has 0 bridgehead atoms. The van der Waals surface area contributed by atoms with Gasteiger partial charge in [-0.3, -0.25) is 9.00 Å². The van der Waals surface area contributed by atoms with Crippen molar-refractivity contribution in [2.24, 2.45) is 0 Å². The van der Waals surface area contributed by atoms with Crippen LogP contribution in [-0.4, -0.2) is 20.9 Å². The van der Waals surface area contributed by atoms with Crippen LogP contribution < -0.4 is 5.32 Å². The molecule has 1 aromatic carbocycles. The first kappa shape index (κ1) is 17.9. The topological polar surface area (TPSA) is 46.2 Å². The van der Waals surface area contributed by atoms with Gasteiger partial charge in [-0.2, -0.15) is 0 Å². The summed E-state index contributed by atoms with van der Waals surface area (Å²) >= 11 is 0. The predicted molar refractivity (Wildman–Crippen MR) is 89.7 cm³/mol. The Morgan fingerprint density at radius 3 is 2.52 bits per heavy atom. The van der Waals surface area contributed by atoms with Gasteiger partial charge in [0.25, 0.3) is 0 Å². The summed E-state index contributed by atoms with van der Waals surface area (Å²) in [5, 5.41) is 2.46. The minimum absolute atomic E-state index is 0.134. The highest BCUT2D eigenvalue weighted by Gasteiger charge is 2.25. The van der Waals surface area contributed by atoms with Gasteiger partial charge in [-0.05, 0) is 52.2 Å². The number of benzene rings is 1. The third-order valence-electron chi connectivity index (χ3n) is 3.91. The van der Waals surface area contributed by atoms with Crippen molar-refractivity contribution < 1.29 is 9.00 Å². The number of nitrogens with one attached hydrogen (secondary N) is 1. The summed E-state index contributed by atoms with van der Waals surface area (Å²) < 4.78 is 12.4. The van der Waals surface area contributed by atoms with Crippen LogP contribution in [0.5, 0.6) is 0 Å². The fraction of sp³-hybridized carbons (Fsp3) is 0.588. The molecular formula is C17H27NO2S. The summed E-state index contributed by atoms with van der Waals surface area (Å²) in [7, 11) is -1.21. The zero-order valence-corrected chi connectivity index (χ0v) is 14.8. The van der Waals surface area contributed by atoms with Crippen LogP contribution in [0.2, 0.25) is 0 Å². The van der Waals surface area contributed by atoms with Crippen LogP contribution in [0.1, 0.15) is 50.8 Å². The number of amides is 1. The second-order valence-corrected chi connectivity index (χ2v) is 8.08. The van der Waals surface area contributed by atoms with E-state index in [1.165, 1.54) is 0 Å².